The van der Waals surface area contributed by atoms with E-state index >= 15 is 0 Å². The molecule has 0 aromatic heterocycles. The van der Waals surface area contributed by atoms with Crippen molar-refractivity contribution in [2.24, 2.45) is 0 Å². The van der Waals surface area contributed by atoms with Gasteiger partial charge in [0.1, 0.15) is 85.4 Å². The van der Waals surface area contributed by atoms with Crippen LogP contribution in [0.4, 0.5) is 0 Å². The van der Waals surface area contributed by atoms with Gasteiger partial charge in [-0.1, -0.05) is 54.6 Å². The van der Waals surface area contributed by atoms with Crippen molar-refractivity contribution in [2.45, 2.75) is 174 Å². The number of rotatable bonds is 23. The second kappa shape index (κ2) is 27.3. The van der Waals surface area contributed by atoms with Crippen LogP contribution in [0.15, 0.2) is 66.7 Å². The predicted molar refractivity (Wildman–Crippen MR) is 264 cm³/mol. The van der Waals surface area contributed by atoms with E-state index in [1.807, 2.05) is 36.4 Å². The van der Waals surface area contributed by atoms with Crippen LogP contribution in [0.25, 0.3) is 10.8 Å². The molecule has 0 unspecified atom stereocenters. The van der Waals surface area contributed by atoms with Crippen LogP contribution in [0.5, 0.6) is 0 Å². The van der Waals surface area contributed by atoms with Gasteiger partial charge < -0.3 is 115 Å². The number of aryl methyl sites for hydroxylation is 2. The lowest BCUT2D eigenvalue weighted by atomic mass is 9.88. The minimum Gasteiger partial charge on any atom is -0.477 e. The third-order valence-electron chi connectivity index (χ3n) is 14.4. The average Bonchev–Trinajstić information content (AvgIpc) is 3.50. The lowest BCUT2D eigenvalue weighted by Crippen LogP contribution is -2.71. The summed E-state index contributed by atoms with van der Waals surface area (Å²) in [5.74, 6) is -6.69. The van der Waals surface area contributed by atoms with E-state index < -0.39 is 172 Å². The van der Waals surface area contributed by atoms with E-state index in [1.165, 1.54) is 6.92 Å². The standard InChI is InChI=1S/C52H72N2O24/c1-24-37(62)40(65)41(66)49(72-24)76-45-36(54-47(68)30-15-14-28-12-3-4-13-29(28)19-30)48(71-17-7-11-27-9-5-8-26(18-27)10-6-16-55)74-34(23-58)43(45)75-50-42(67)46(39(64)33(22-57)73-50)78-52(51(69)70)20-31(60)35(53-25(2)59)44(77-52)38(63)32(61)21-56/h3-5,8-9,12-15,18-19,24,31-46,48-50,55-58,60-67H,6-7,10-11,16-17,20-23H2,1-2H3,(H,53,59)(H,54,68)(H,69,70)/t24-,31+,32+,33-,34-,35+,36-,37+,38+,39-,40-,41-,42-,43+,44+,45+,46-,48+,49-,50-,52-/m0/s1. The number of aliphatic carboxylic acids is 1. The summed E-state index contributed by atoms with van der Waals surface area (Å²) in [6, 6.07) is 16.6. The van der Waals surface area contributed by atoms with Crippen molar-refractivity contribution < 1.29 is 119 Å². The molecule has 3 aromatic rings. The molecule has 434 valence electrons. The first-order valence-corrected chi connectivity index (χ1v) is 25.7. The number of carboxylic acid groups (broad SMARTS) is 1. The Labute approximate surface area is 447 Å². The van der Waals surface area contributed by atoms with E-state index in [9.17, 15) is 80.8 Å². The normalized spacial score (nSPS) is 36.1. The second-order valence-electron chi connectivity index (χ2n) is 20.0. The summed E-state index contributed by atoms with van der Waals surface area (Å²) in [4.78, 5) is 39.9. The second-order valence-corrected chi connectivity index (χ2v) is 20.0. The summed E-state index contributed by atoms with van der Waals surface area (Å²) in [5, 5.41) is 147. The Morgan fingerprint density at radius 3 is 2.00 bits per heavy atom. The first-order valence-electron chi connectivity index (χ1n) is 25.7. The van der Waals surface area contributed by atoms with Crippen LogP contribution in [0.3, 0.4) is 0 Å². The summed E-state index contributed by atoms with van der Waals surface area (Å²) in [7, 11) is 0. The highest BCUT2D eigenvalue weighted by atomic mass is 16.8. The molecule has 0 radical (unpaired) electrons. The van der Waals surface area contributed by atoms with E-state index in [0.717, 1.165) is 23.4 Å². The number of benzene rings is 3. The van der Waals surface area contributed by atoms with Gasteiger partial charge in [0.2, 0.25) is 5.91 Å². The molecule has 3 aromatic carbocycles. The number of carboxylic acids is 1. The molecule has 21 atom stereocenters. The first kappa shape index (κ1) is 61.2. The molecule has 4 aliphatic rings. The molecule has 26 nitrogen and oxygen atoms in total. The van der Waals surface area contributed by atoms with Crippen molar-refractivity contribution in [1.82, 2.24) is 10.6 Å². The van der Waals surface area contributed by atoms with Crippen molar-refractivity contribution in [3.05, 3.63) is 83.4 Å². The van der Waals surface area contributed by atoms with E-state index in [-0.39, 0.29) is 18.8 Å². The van der Waals surface area contributed by atoms with Crippen LogP contribution in [0.1, 0.15) is 54.6 Å². The van der Waals surface area contributed by atoms with Crippen LogP contribution < -0.4 is 10.6 Å². The number of carbonyl (C=O) groups excluding carboxylic acids is 2. The van der Waals surface area contributed by atoms with Gasteiger partial charge in [-0.25, -0.2) is 4.79 Å². The van der Waals surface area contributed by atoms with Crippen molar-refractivity contribution >= 4 is 28.6 Å². The Balaban J connectivity index is 1.24. The zero-order valence-corrected chi connectivity index (χ0v) is 42.8. The fourth-order valence-corrected chi connectivity index (χ4v) is 10.1. The summed E-state index contributed by atoms with van der Waals surface area (Å²) in [5.41, 5.74) is 2.10. The van der Waals surface area contributed by atoms with Gasteiger partial charge in [0.25, 0.3) is 11.7 Å². The van der Waals surface area contributed by atoms with Gasteiger partial charge in [0, 0.05) is 25.5 Å². The van der Waals surface area contributed by atoms with Gasteiger partial charge in [-0.15, -0.1) is 0 Å². The van der Waals surface area contributed by atoms with E-state index in [2.05, 4.69) is 10.6 Å². The number of amides is 2. The van der Waals surface area contributed by atoms with Crippen molar-refractivity contribution in [2.75, 3.05) is 33.0 Å². The topological polar surface area (TPSA) is 412 Å². The molecule has 4 saturated heterocycles. The molecule has 0 saturated carbocycles. The number of aliphatic hydroxyl groups is 12. The number of fused-ring (bicyclic) bond motifs is 1. The third-order valence-corrected chi connectivity index (χ3v) is 14.4. The van der Waals surface area contributed by atoms with Gasteiger partial charge in [-0.05, 0) is 66.6 Å². The van der Waals surface area contributed by atoms with E-state index in [1.54, 1.807) is 30.3 Å². The summed E-state index contributed by atoms with van der Waals surface area (Å²) >= 11 is 0. The fourth-order valence-electron chi connectivity index (χ4n) is 10.1. The maximum absolute atomic E-state index is 14.5. The molecular weight excluding hydrogens is 1040 g/mol. The maximum atomic E-state index is 14.5. The zero-order valence-electron chi connectivity index (χ0n) is 42.8. The molecule has 15 N–H and O–H groups in total. The molecule has 4 heterocycles. The molecule has 7 rings (SSSR count). The molecule has 4 fully saturated rings. The SMILES string of the molecule is CC(=O)N[C@H]1[C@H]([C@H](O)[C@H](O)CO)O[C@@](O[C@@H]2[C@H](O)[C@H](O[C@H]3[C@H](O[C@@H]4O[C@@H](C)[C@@H](O)[C@H](O)[C@@H]4O)[C@H](NC(=O)c4ccc5ccccc5c4)[C@H](OCCCc4cccc(CCCO)c4)O[C@H]3CO)O[C@@H](CO)[C@@H]2O)(C(=O)O)C[C@H]1O. The van der Waals surface area contributed by atoms with Crippen LogP contribution in [-0.2, 0) is 60.3 Å². The quantitative estimate of drug-likeness (QED) is 0.0400. The van der Waals surface area contributed by atoms with Crippen LogP contribution in [0, 0.1) is 0 Å². The molecule has 4 aliphatic heterocycles. The minimum atomic E-state index is -3.15. The highest BCUT2D eigenvalue weighted by Crippen LogP contribution is 2.39. The van der Waals surface area contributed by atoms with Crippen LogP contribution >= 0.6 is 0 Å². The van der Waals surface area contributed by atoms with Crippen molar-refractivity contribution in [3.63, 3.8) is 0 Å². The van der Waals surface area contributed by atoms with Crippen molar-refractivity contribution in [1.29, 1.82) is 0 Å². The highest BCUT2D eigenvalue weighted by molar-refractivity contribution is 5.98. The predicted octanol–water partition coefficient (Wildman–Crippen LogP) is -4.20. The Kier molecular flexibility index (Phi) is 21.4. The fraction of sp³-hybridized carbons (Fsp3) is 0.635. The number of aliphatic hydroxyl groups excluding tert-OH is 12. The van der Waals surface area contributed by atoms with Crippen molar-refractivity contribution in [3.8, 4) is 0 Å². The number of hydrogen-bond donors (Lipinski definition) is 15. The Hall–Kier alpha value is -4.47. The summed E-state index contributed by atoms with van der Waals surface area (Å²) < 4.78 is 48.9. The van der Waals surface area contributed by atoms with Gasteiger partial charge >= 0.3 is 5.97 Å². The van der Waals surface area contributed by atoms with E-state index in [0.29, 0.717) is 31.1 Å². The molecular formula is C52H72N2O24. The lowest BCUT2D eigenvalue weighted by molar-refractivity contribution is -0.391. The maximum Gasteiger partial charge on any atom is 0.364 e. The Bertz CT molecular complexity index is 2440. The molecule has 26 heteroatoms. The smallest absolute Gasteiger partial charge is 0.364 e. The highest BCUT2D eigenvalue weighted by Gasteiger charge is 2.61. The number of nitrogens with one attached hydrogen (secondary N) is 2. The molecule has 0 bridgehead atoms. The van der Waals surface area contributed by atoms with Gasteiger partial charge in [-0.3, -0.25) is 9.59 Å². The zero-order chi connectivity index (χ0) is 56.6. The van der Waals surface area contributed by atoms with Crippen LogP contribution in [0.2, 0.25) is 0 Å². The lowest BCUT2D eigenvalue weighted by Gasteiger charge is -2.51. The Morgan fingerprint density at radius 2 is 1.35 bits per heavy atom. The van der Waals surface area contributed by atoms with Gasteiger partial charge in [0.15, 0.2) is 18.9 Å². The Morgan fingerprint density at radius 1 is 0.692 bits per heavy atom. The van der Waals surface area contributed by atoms with Gasteiger partial charge in [-0.2, -0.15) is 0 Å². The van der Waals surface area contributed by atoms with Gasteiger partial charge in [0.05, 0.1) is 44.7 Å². The minimum absolute atomic E-state index is 0.0252. The molecule has 78 heavy (non-hydrogen) atoms. The molecule has 2 amide bonds. The first-order chi connectivity index (χ1) is 37.2. The number of hydrogen-bond acceptors (Lipinski definition) is 23. The number of ether oxygens (including phenoxy) is 8. The monoisotopic (exact) mass is 1110 g/mol. The largest absolute Gasteiger partial charge is 0.477 e. The molecule has 0 spiro atoms. The summed E-state index contributed by atoms with van der Waals surface area (Å²) in [6.45, 7) is -0.713. The molecule has 0 aliphatic carbocycles. The van der Waals surface area contributed by atoms with E-state index in [4.69, 9.17) is 37.9 Å². The third kappa shape index (κ3) is 14.0. The summed E-state index contributed by atoms with van der Waals surface area (Å²) in [6.07, 6.45) is -33.1. The van der Waals surface area contributed by atoms with Crippen LogP contribution in [-0.4, -0.2) is 246 Å². The average molecular weight is 1110 g/mol. The number of carbonyl (C=O) groups is 3.